The molecule has 0 amide bonds. The molecule has 134 valence electrons. The lowest BCUT2D eigenvalue weighted by molar-refractivity contribution is 0.474. The number of benzene rings is 1. The Morgan fingerprint density at radius 2 is 2.08 bits per heavy atom. The number of nitrogens with one attached hydrogen (secondary N) is 2. The average Bonchev–Trinajstić information content (AvgIpc) is 2.57. The van der Waals surface area contributed by atoms with Crippen molar-refractivity contribution >= 4 is 22.6 Å². The number of amidine groups is 1. The van der Waals surface area contributed by atoms with Crippen LogP contribution in [0.15, 0.2) is 35.4 Å². The maximum absolute atomic E-state index is 12.5. The lowest BCUT2D eigenvalue weighted by Crippen LogP contribution is -2.21. The standard InChI is InChI=1S/C18H20N6O2/c1-9(2)22-17-15-13(21-8-24(3)18(15)26)7-12(23-17)10-4-5-11(16(19)20)14(25)6-10/h4-9,25H,1-3H3,(H3,19,20)(H,22,23). The van der Waals surface area contributed by atoms with Crippen LogP contribution in [0.5, 0.6) is 5.75 Å². The van der Waals surface area contributed by atoms with Crippen LogP contribution in [0.4, 0.5) is 5.82 Å². The van der Waals surface area contributed by atoms with E-state index in [4.69, 9.17) is 11.1 Å². The maximum atomic E-state index is 12.5. The lowest BCUT2D eigenvalue weighted by Gasteiger charge is -2.14. The number of fused-ring (bicyclic) bond motifs is 1. The second-order valence-electron chi connectivity index (χ2n) is 6.36. The first-order valence-corrected chi connectivity index (χ1v) is 8.08. The number of hydrogen-bond donors (Lipinski definition) is 4. The van der Waals surface area contributed by atoms with Crippen LogP contribution in [0, 0.1) is 5.41 Å². The van der Waals surface area contributed by atoms with Gasteiger partial charge in [0.2, 0.25) is 0 Å². The molecule has 8 heteroatoms. The molecule has 0 fully saturated rings. The van der Waals surface area contributed by atoms with E-state index in [2.05, 4.69) is 15.3 Å². The van der Waals surface area contributed by atoms with Gasteiger partial charge >= 0.3 is 0 Å². The van der Waals surface area contributed by atoms with Gasteiger partial charge in [-0.1, -0.05) is 6.07 Å². The number of anilines is 1. The summed E-state index contributed by atoms with van der Waals surface area (Å²) in [5.41, 5.74) is 7.19. The fourth-order valence-corrected chi connectivity index (χ4v) is 2.67. The lowest BCUT2D eigenvalue weighted by atomic mass is 10.1. The highest BCUT2D eigenvalue weighted by molar-refractivity contribution is 5.98. The fourth-order valence-electron chi connectivity index (χ4n) is 2.67. The summed E-state index contributed by atoms with van der Waals surface area (Å²) in [6, 6.07) is 6.53. The Morgan fingerprint density at radius 3 is 2.69 bits per heavy atom. The number of pyridine rings is 1. The van der Waals surface area contributed by atoms with E-state index in [1.165, 1.54) is 17.0 Å². The third-order valence-corrected chi connectivity index (χ3v) is 3.91. The zero-order valence-electron chi connectivity index (χ0n) is 14.7. The number of aromatic hydroxyl groups is 1. The van der Waals surface area contributed by atoms with Gasteiger partial charge in [-0.05, 0) is 32.0 Å². The van der Waals surface area contributed by atoms with Crippen molar-refractivity contribution in [3.63, 3.8) is 0 Å². The molecule has 0 aliphatic heterocycles. The first kappa shape index (κ1) is 17.4. The molecule has 0 radical (unpaired) electrons. The van der Waals surface area contributed by atoms with Crippen LogP contribution in [0.1, 0.15) is 19.4 Å². The van der Waals surface area contributed by atoms with Crippen LogP contribution in [-0.2, 0) is 7.05 Å². The van der Waals surface area contributed by atoms with E-state index in [0.717, 1.165) is 0 Å². The van der Waals surface area contributed by atoms with E-state index in [1.807, 2.05) is 13.8 Å². The molecule has 3 rings (SSSR count). The molecule has 26 heavy (non-hydrogen) atoms. The number of rotatable bonds is 4. The van der Waals surface area contributed by atoms with Crippen molar-refractivity contribution in [3.05, 3.63) is 46.5 Å². The van der Waals surface area contributed by atoms with Crippen molar-refractivity contribution in [2.75, 3.05) is 5.32 Å². The summed E-state index contributed by atoms with van der Waals surface area (Å²) in [4.78, 5) is 21.4. The zero-order chi connectivity index (χ0) is 19.0. The highest BCUT2D eigenvalue weighted by atomic mass is 16.3. The van der Waals surface area contributed by atoms with Gasteiger partial charge in [0.15, 0.2) is 0 Å². The van der Waals surface area contributed by atoms with Gasteiger partial charge < -0.3 is 20.7 Å². The van der Waals surface area contributed by atoms with Gasteiger partial charge in [0.05, 0.1) is 23.1 Å². The summed E-state index contributed by atoms with van der Waals surface area (Å²) in [6.45, 7) is 3.91. The van der Waals surface area contributed by atoms with Crippen molar-refractivity contribution in [3.8, 4) is 17.0 Å². The smallest absolute Gasteiger partial charge is 0.264 e. The minimum absolute atomic E-state index is 0.0688. The zero-order valence-corrected chi connectivity index (χ0v) is 14.7. The molecule has 0 bridgehead atoms. The van der Waals surface area contributed by atoms with Crippen LogP contribution in [0.3, 0.4) is 0 Å². The van der Waals surface area contributed by atoms with Gasteiger partial charge in [-0.2, -0.15) is 0 Å². The number of nitrogens with two attached hydrogens (primary N) is 1. The first-order valence-electron chi connectivity index (χ1n) is 8.08. The van der Waals surface area contributed by atoms with Gasteiger partial charge in [-0.3, -0.25) is 10.2 Å². The Kier molecular flexibility index (Phi) is 4.33. The predicted octanol–water partition coefficient (Wildman–Crippen LogP) is 1.81. The van der Waals surface area contributed by atoms with Crippen molar-refractivity contribution in [1.29, 1.82) is 5.41 Å². The monoisotopic (exact) mass is 352 g/mol. The molecule has 8 nitrogen and oxygen atoms in total. The molecule has 2 aromatic heterocycles. The minimum atomic E-state index is -0.215. The normalized spacial score (nSPS) is 11.1. The van der Waals surface area contributed by atoms with Gasteiger partial charge in [0, 0.05) is 18.7 Å². The quantitative estimate of drug-likeness (QED) is 0.418. The molecular formula is C18H20N6O2. The highest BCUT2D eigenvalue weighted by Crippen LogP contribution is 2.29. The van der Waals surface area contributed by atoms with Crippen molar-refractivity contribution in [2.45, 2.75) is 19.9 Å². The molecule has 0 atom stereocenters. The fraction of sp³-hybridized carbons (Fsp3) is 0.222. The molecule has 0 unspecified atom stereocenters. The van der Waals surface area contributed by atoms with Crippen LogP contribution in [0.2, 0.25) is 0 Å². The van der Waals surface area contributed by atoms with Crippen molar-refractivity contribution < 1.29 is 5.11 Å². The van der Waals surface area contributed by atoms with Gasteiger partial charge in [-0.25, -0.2) is 9.97 Å². The van der Waals surface area contributed by atoms with E-state index < -0.39 is 0 Å². The van der Waals surface area contributed by atoms with E-state index in [1.54, 1.807) is 25.2 Å². The summed E-state index contributed by atoms with van der Waals surface area (Å²) in [5.74, 6) is 0.122. The van der Waals surface area contributed by atoms with Gasteiger partial charge in [0.1, 0.15) is 22.8 Å². The highest BCUT2D eigenvalue weighted by Gasteiger charge is 2.15. The Balaban J connectivity index is 2.25. The van der Waals surface area contributed by atoms with Crippen LogP contribution >= 0.6 is 0 Å². The van der Waals surface area contributed by atoms with E-state index in [0.29, 0.717) is 28.0 Å². The second kappa shape index (κ2) is 6.47. The molecule has 1 aromatic carbocycles. The number of phenols is 1. The molecule has 0 aliphatic carbocycles. The Bertz CT molecular complexity index is 1070. The minimum Gasteiger partial charge on any atom is -0.507 e. The summed E-state index contributed by atoms with van der Waals surface area (Å²) in [7, 11) is 1.64. The number of phenolic OH excluding ortho intramolecular Hbond substituents is 1. The summed E-state index contributed by atoms with van der Waals surface area (Å²) in [6.07, 6.45) is 1.46. The SMILES string of the molecule is CC(C)Nc1nc(-c2ccc(C(=N)N)c(O)c2)cc2ncn(C)c(=O)c12. The van der Waals surface area contributed by atoms with Crippen molar-refractivity contribution in [1.82, 2.24) is 14.5 Å². The van der Waals surface area contributed by atoms with E-state index >= 15 is 0 Å². The first-order chi connectivity index (χ1) is 12.3. The third-order valence-electron chi connectivity index (χ3n) is 3.91. The number of aromatic nitrogens is 3. The van der Waals surface area contributed by atoms with Crippen LogP contribution in [-0.4, -0.2) is 31.5 Å². The average molecular weight is 352 g/mol. The number of nitrogen functional groups attached to an aromatic ring is 1. The number of nitrogens with zero attached hydrogens (tertiary/aromatic N) is 3. The number of hydrogen-bond acceptors (Lipinski definition) is 6. The Morgan fingerprint density at radius 1 is 1.35 bits per heavy atom. The van der Waals surface area contributed by atoms with E-state index in [9.17, 15) is 9.90 Å². The van der Waals surface area contributed by atoms with Crippen LogP contribution < -0.4 is 16.6 Å². The molecule has 5 N–H and O–H groups in total. The topological polar surface area (TPSA) is 130 Å². The third kappa shape index (κ3) is 3.08. The predicted molar refractivity (Wildman–Crippen MR) is 102 cm³/mol. The summed E-state index contributed by atoms with van der Waals surface area (Å²) in [5, 5.41) is 21.2. The Labute approximate surface area is 149 Å². The largest absolute Gasteiger partial charge is 0.507 e. The molecule has 0 saturated carbocycles. The second-order valence-corrected chi connectivity index (χ2v) is 6.36. The Hall–Kier alpha value is -3.42. The maximum Gasteiger partial charge on any atom is 0.264 e. The van der Waals surface area contributed by atoms with Gasteiger partial charge in [0.25, 0.3) is 5.56 Å². The summed E-state index contributed by atoms with van der Waals surface area (Å²) >= 11 is 0. The molecule has 0 spiro atoms. The van der Waals surface area contributed by atoms with Crippen molar-refractivity contribution in [2.24, 2.45) is 12.8 Å². The van der Waals surface area contributed by atoms with Crippen LogP contribution in [0.25, 0.3) is 22.2 Å². The summed E-state index contributed by atoms with van der Waals surface area (Å²) < 4.78 is 1.41. The molecular weight excluding hydrogens is 332 g/mol. The van der Waals surface area contributed by atoms with Gasteiger partial charge in [-0.15, -0.1) is 0 Å². The molecule has 3 aromatic rings. The van der Waals surface area contributed by atoms with E-state index in [-0.39, 0.29) is 28.7 Å². The molecule has 0 saturated heterocycles. The molecule has 0 aliphatic rings. The molecule has 2 heterocycles. The number of aryl methyl sites for hydroxylation is 1.